The minimum absolute atomic E-state index is 0.242. The van der Waals surface area contributed by atoms with Crippen LogP contribution in [-0.4, -0.2) is 23.7 Å². The van der Waals surface area contributed by atoms with E-state index in [-0.39, 0.29) is 18.4 Å². The molecule has 0 bridgehead atoms. The van der Waals surface area contributed by atoms with Gasteiger partial charge in [-0.15, -0.1) is 0 Å². The van der Waals surface area contributed by atoms with Gasteiger partial charge in [-0.05, 0) is 18.3 Å². The number of unbranched alkanes of at least 4 members (excludes halogenated alkanes) is 3. The Kier molecular flexibility index (Phi) is 10.3. The highest BCUT2D eigenvalue weighted by molar-refractivity contribution is 5.87. The predicted molar refractivity (Wildman–Crippen MR) is 93.2 cm³/mol. The highest BCUT2D eigenvalue weighted by atomic mass is 16.5. The molecule has 1 N–H and O–H groups in total. The molecule has 0 aromatic carbocycles. The Bertz CT molecular complexity index is 443. The monoisotopic (exact) mass is 339 g/mol. The summed E-state index contributed by atoms with van der Waals surface area (Å²) in [4.78, 5) is 24.7. The van der Waals surface area contributed by atoms with E-state index in [0.717, 1.165) is 25.7 Å². The molecule has 0 aromatic heterocycles. The van der Waals surface area contributed by atoms with E-state index < -0.39 is 23.3 Å². The first-order chi connectivity index (χ1) is 11.3. The molecule has 4 unspecified atom stereocenters. The second-order valence-corrected chi connectivity index (χ2v) is 6.69. The smallest absolute Gasteiger partial charge is 0.327 e. The largest absolute Gasteiger partial charge is 0.481 e. The summed E-state index contributed by atoms with van der Waals surface area (Å²) in [5.74, 6) is -3.52. The van der Waals surface area contributed by atoms with Crippen molar-refractivity contribution in [1.82, 2.24) is 0 Å². The van der Waals surface area contributed by atoms with Crippen LogP contribution >= 0.6 is 0 Å². The van der Waals surface area contributed by atoms with Crippen LogP contribution < -0.4 is 0 Å². The fourth-order valence-corrected chi connectivity index (χ4v) is 3.12. The summed E-state index contributed by atoms with van der Waals surface area (Å²) < 4.78 is 5.37. The molecule has 138 valence electrons. The number of nitriles is 1. The number of carbonyl (C=O) groups excluding carboxylic acids is 1. The van der Waals surface area contributed by atoms with Gasteiger partial charge in [0.25, 0.3) is 0 Å². The quantitative estimate of drug-likeness (QED) is 0.420. The number of ether oxygens (including phenoxy) is 1. The van der Waals surface area contributed by atoms with Gasteiger partial charge in [-0.2, -0.15) is 5.26 Å². The summed E-state index contributed by atoms with van der Waals surface area (Å²) in [6, 6.07) is 2.06. The molecule has 0 saturated heterocycles. The molecule has 0 rings (SSSR count). The van der Waals surface area contributed by atoms with Crippen molar-refractivity contribution in [2.24, 2.45) is 23.2 Å². The molecule has 0 radical (unpaired) electrons. The van der Waals surface area contributed by atoms with Crippen LogP contribution in [0.3, 0.4) is 0 Å². The normalized spacial score (nSPS) is 17.2. The number of carbonyl (C=O) groups is 2. The molecule has 0 fully saturated rings. The molecule has 0 aliphatic heterocycles. The van der Waals surface area contributed by atoms with Crippen molar-refractivity contribution >= 4 is 11.9 Å². The maximum Gasteiger partial charge on any atom is 0.327 e. The summed E-state index contributed by atoms with van der Waals surface area (Å²) in [6.45, 7) is 9.61. The van der Waals surface area contributed by atoms with Gasteiger partial charge in [-0.3, -0.25) is 9.59 Å². The number of carboxylic acids is 1. The lowest BCUT2D eigenvalue weighted by Gasteiger charge is -2.37. The van der Waals surface area contributed by atoms with Crippen molar-refractivity contribution in [2.75, 3.05) is 6.61 Å². The molecule has 0 aliphatic carbocycles. The SMILES string of the molecule is CCCCCCOC(=O)C(C#N)(C(C)CC)C(C(=O)O)C(C)CC. The van der Waals surface area contributed by atoms with Gasteiger partial charge in [0, 0.05) is 0 Å². The van der Waals surface area contributed by atoms with Gasteiger partial charge >= 0.3 is 11.9 Å². The molecule has 5 nitrogen and oxygen atoms in total. The van der Waals surface area contributed by atoms with Gasteiger partial charge in [-0.25, -0.2) is 0 Å². The zero-order chi connectivity index (χ0) is 18.8. The molecular weight excluding hydrogens is 306 g/mol. The number of hydrogen-bond acceptors (Lipinski definition) is 4. The zero-order valence-electron chi connectivity index (χ0n) is 15.8. The van der Waals surface area contributed by atoms with Crippen LogP contribution in [0.4, 0.5) is 0 Å². The van der Waals surface area contributed by atoms with Gasteiger partial charge in [0.15, 0.2) is 5.41 Å². The molecule has 4 atom stereocenters. The molecule has 5 heteroatoms. The average Bonchev–Trinajstić information content (AvgIpc) is 2.57. The van der Waals surface area contributed by atoms with E-state index in [1.165, 1.54) is 0 Å². The standard InChI is InChI=1S/C19H33NO4/c1-6-9-10-11-12-24-18(23)19(13-20,15(5)8-3)16(17(21)22)14(4)7-2/h14-16H,6-12H2,1-5H3,(H,21,22). The second-order valence-electron chi connectivity index (χ2n) is 6.69. The Hall–Kier alpha value is -1.57. The molecule has 24 heavy (non-hydrogen) atoms. The van der Waals surface area contributed by atoms with Gasteiger partial charge in [0.05, 0.1) is 18.6 Å². The Morgan fingerprint density at radius 2 is 1.75 bits per heavy atom. The average molecular weight is 339 g/mol. The van der Waals surface area contributed by atoms with Gasteiger partial charge in [0.1, 0.15) is 0 Å². The van der Waals surface area contributed by atoms with Crippen LogP contribution in [0, 0.1) is 34.5 Å². The minimum Gasteiger partial charge on any atom is -0.481 e. The molecule has 0 aliphatic rings. The Morgan fingerprint density at radius 3 is 2.17 bits per heavy atom. The highest BCUT2D eigenvalue weighted by Gasteiger charge is 2.56. The van der Waals surface area contributed by atoms with Crippen LogP contribution in [0.1, 0.15) is 73.1 Å². The number of nitrogens with zero attached hydrogens (tertiary/aromatic N) is 1. The lowest BCUT2D eigenvalue weighted by molar-refractivity contribution is -0.169. The lowest BCUT2D eigenvalue weighted by atomic mass is 9.62. The Labute approximate surface area is 146 Å². The summed E-state index contributed by atoms with van der Waals surface area (Å²) in [7, 11) is 0. The second kappa shape index (κ2) is 11.1. The third kappa shape index (κ3) is 5.22. The van der Waals surface area contributed by atoms with E-state index >= 15 is 0 Å². The third-order valence-electron chi connectivity index (χ3n) is 5.11. The molecule has 0 heterocycles. The number of esters is 1. The molecule has 0 aromatic rings. The number of rotatable bonds is 12. The lowest BCUT2D eigenvalue weighted by Crippen LogP contribution is -2.49. The van der Waals surface area contributed by atoms with Crippen molar-refractivity contribution in [2.45, 2.75) is 73.1 Å². The first-order valence-electron chi connectivity index (χ1n) is 9.14. The van der Waals surface area contributed by atoms with Crippen molar-refractivity contribution in [3.05, 3.63) is 0 Å². The van der Waals surface area contributed by atoms with Gasteiger partial charge in [0.2, 0.25) is 0 Å². The third-order valence-corrected chi connectivity index (χ3v) is 5.11. The maximum atomic E-state index is 12.8. The zero-order valence-corrected chi connectivity index (χ0v) is 15.8. The van der Waals surface area contributed by atoms with Gasteiger partial charge < -0.3 is 9.84 Å². The van der Waals surface area contributed by atoms with Gasteiger partial charge in [-0.1, -0.05) is 66.7 Å². The predicted octanol–water partition coefficient (Wildman–Crippen LogP) is 4.41. The van der Waals surface area contributed by atoms with Crippen LogP contribution in [0.25, 0.3) is 0 Å². The van der Waals surface area contributed by atoms with Crippen LogP contribution in [0.5, 0.6) is 0 Å². The Morgan fingerprint density at radius 1 is 1.12 bits per heavy atom. The summed E-state index contributed by atoms with van der Waals surface area (Å²) in [5, 5.41) is 19.6. The minimum atomic E-state index is -1.64. The number of aliphatic carboxylic acids is 1. The fraction of sp³-hybridized carbons (Fsp3) is 0.842. The first-order valence-corrected chi connectivity index (χ1v) is 9.14. The fourth-order valence-electron chi connectivity index (χ4n) is 3.12. The van der Waals surface area contributed by atoms with E-state index in [0.29, 0.717) is 12.8 Å². The molecule has 0 spiro atoms. The van der Waals surface area contributed by atoms with E-state index in [1.54, 1.807) is 13.8 Å². The Balaban J connectivity index is 5.51. The van der Waals surface area contributed by atoms with E-state index in [9.17, 15) is 20.0 Å². The summed E-state index contributed by atoms with van der Waals surface area (Å²) in [6.07, 6.45) is 4.97. The highest BCUT2D eigenvalue weighted by Crippen LogP contribution is 2.43. The first kappa shape index (κ1) is 22.4. The summed E-state index contributed by atoms with van der Waals surface area (Å²) >= 11 is 0. The number of carboxylic acid groups (broad SMARTS) is 1. The van der Waals surface area contributed by atoms with E-state index in [4.69, 9.17) is 4.74 Å². The van der Waals surface area contributed by atoms with Crippen LogP contribution in [0.15, 0.2) is 0 Å². The van der Waals surface area contributed by atoms with E-state index in [2.05, 4.69) is 13.0 Å². The molecule has 0 saturated carbocycles. The van der Waals surface area contributed by atoms with E-state index in [1.807, 2.05) is 13.8 Å². The van der Waals surface area contributed by atoms with Crippen molar-refractivity contribution in [1.29, 1.82) is 5.26 Å². The van der Waals surface area contributed by atoms with Crippen molar-refractivity contribution in [3.8, 4) is 6.07 Å². The maximum absolute atomic E-state index is 12.8. The molecular formula is C19H33NO4. The van der Waals surface area contributed by atoms with Crippen LogP contribution in [-0.2, 0) is 14.3 Å². The number of hydrogen-bond donors (Lipinski definition) is 1. The van der Waals surface area contributed by atoms with Crippen molar-refractivity contribution < 1.29 is 19.4 Å². The molecule has 0 amide bonds. The summed E-state index contributed by atoms with van der Waals surface area (Å²) in [5.41, 5.74) is -1.64. The van der Waals surface area contributed by atoms with Crippen molar-refractivity contribution in [3.63, 3.8) is 0 Å². The van der Waals surface area contributed by atoms with Crippen LogP contribution in [0.2, 0.25) is 0 Å². The topological polar surface area (TPSA) is 87.4 Å².